The number of hydrogen-bond acceptors (Lipinski definition) is 5. The lowest BCUT2D eigenvalue weighted by molar-refractivity contribution is -0.120. The maximum atomic E-state index is 12.8. The molecule has 0 aliphatic carbocycles. The molecule has 1 fully saturated rings. The van der Waals surface area contributed by atoms with Crippen LogP contribution >= 0.6 is 0 Å². The Hall–Kier alpha value is -2.70. The molecule has 2 aromatic rings. The van der Waals surface area contributed by atoms with E-state index in [1.807, 2.05) is 32.0 Å². The lowest BCUT2D eigenvalue weighted by atomic mass is 10.1. The fourth-order valence-electron chi connectivity index (χ4n) is 3.13. The summed E-state index contributed by atoms with van der Waals surface area (Å²) in [5.41, 5.74) is -0.0896. The van der Waals surface area contributed by atoms with Crippen LogP contribution in [-0.4, -0.2) is 33.4 Å². The smallest absolute Gasteiger partial charge is 0.254 e. The quantitative estimate of drug-likeness (QED) is 0.922. The molecule has 2 heterocycles. The average Bonchev–Trinajstić information content (AvgIpc) is 3.23. The second-order valence-corrected chi connectivity index (χ2v) is 6.79. The van der Waals surface area contributed by atoms with Crippen LogP contribution in [0.3, 0.4) is 0 Å². The third-order valence-electron chi connectivity index (χ3n) is 4.31. The van der Waals surface area contributed by atoms with E-state index in [9.17, 15) is 9.59 Å². The van der Waals surface area contributed by atoms with Crippen molar-refractivity contribution in [2.75, 3.05) is 6.54 Å². The first kappa shape index (κ1) is 17.1. The summed E-state index contributed by atoms with van der Waals surface area (Å²) >= 11 is 0. The number of benzene rings is 1. The normalized spacial score (nSPS) is 17.6. The topological polar surface area (TPSA) is 88.3 Å². The average molecular weight is 342 g/mol. The SMILES string of the molecule is CC(=O)NC(C)(C)c1noc([C@H]2CCCN2C(=O)c2ccccc2)n1. The molecule has 7 nitrogen and oxygen atoms in total. The van der Waals surface area contributed by atoms with Crippen LogP contribution in [0.25, 0.3) is 0 Å². The highest BCUT2D eigenvalue weighted by Crippen LogP contribution is 2.33. The van der Waals surface area contributed by atoms with E-state index < -0.39 is 5.54 Å². The highest BCUT2D eigenvalue weighted by molar-refractivity contribution is 5.94. The standard InChI is InChI=1S/C18H22N4O3/c1-12(23)20-18(2,3)17-19-15(25-21-17)14-10-7-11-22(14)16(24)13-8-5-4-6-9-13/h4-6,8-9,14H,7,10-11H2,1-3H3,(H,20,23)/t14-/m1/s1. The Kier molecular flexibility index (Phi) is 4.57. The van der Waals surface area contributed by atoms with Crippen LogP contribution in [0, 0.1) is 0 Å². The van der Waals surface area contributed by atoms with Gasteiger partial charge in [0.1, 0.15) is 6.04 Å². The van der Waals surface area contributed by atoms with E-state index >= 15 is 0 Å². The van der Waals surface area contributed by atoms with Crippen molar-refractivity contribution in [3.63, 3.8) is 0 Å². The third kappa shape index (κ3) is 3.55. The lowest BCUT2D eigenvalue weighted by Gasteiger charge is -2.22. The summed E-state index contributed by atoms with van der Waals surface area (Å²) in [6.07, 6.45) is 1.66. The highest BCUT2D eigenvalue weighted by Gasteiger charge is 2.36. The zero-order chi connectivity index (χ0) is 18.0. The highest BCUT2D eigenvalue weighted by atomic mass is 16.5. The van der Waals surface area contributed by atoms with Gasteiger partial charge in [0.2, 0.25) is 11.8 Å². The minimum absolute atomic E-state index is 0.0380. The maximum absolute atomic E-state index is 12.8. The van der Waals surface area contributed by atoms with Gasteiger partial charge >= 0.3 is 0 Å². The summed E-state index contributed by atoms with van der Waals surface area (Å²) in [6.45, 7) is 5.72. The minimum Gasteiger partial charge on any atom is -0.344 e. The number of likely N-dealkylation sites (tertiary alicyclic amines) is 1. The Morgan fingerprint density at radius 3 is 2.68 bits per heavy atom. The van der Waals surface area contributed by atoms with Crippen molar-refractivity contribution in [1.29, 1.82) is 0 Å². The van der Waals surface area contributed by atoms with E-state index in [0.717, 1.165) is 12.8 Å². The van der Waals surface area contributed by atoms with E-state index in [4.69, 9.17) is 4.52 Å². The monoisotopic (exact) mass is 342 g/mol. The second-order valence-electron chi connectivity index (χ2n) is 6.79. The molecule has 1 aromatic heterocycles. The van der Waals surface area contributed by atoms with Gasteiger partial charge in [-0.3, -0.25) is 9.59 Å². The van der Waals surface area contributed by atoms with Crippen molar-refractivity contribution in [2.24, 2.45) is 0 Å². The summed E-state index contributed by atoms with van der Waals surface area (Å²) in [5.74, 6) is 0.606. The summed E-state index contributed by atoms with van der Waals surface area (Å²) in [6, 6.07) is 8.94. The van der Waals surface area contributed by atoms with Gasteiger partial charge in [-0.15, -0.1) is 0 Å². The molecular weight excluding hydrogens is 320 g/mol. The van der Waals surface area contributed by atoms with Crippen LogP contribution in [0.5, 0.6) is 0 Å². The fraction of sp³-hybridized carbons (Fsp3) is 0.444. The number of nitrogens with one attached hydrogen (secondary N) is 1. The van der Waals surface area contributed by atoms with Crippen molar-refractivity contribution < 1.29 is 14.1 Å². The van der Waals surface area contributed by atoms with Gasteiger partial charge in [0.15, 0.2) is 5.82 Å². The van der Waals surface area contributed by atoms with Crippen LogP contribution in [0.2, 0.25) is 0 Å². The summed E-state index contributed by atoms with van der Waals surface area (Å²) in [4.78, 5) is 30.3. The van der Waals surface area contributed by atoms with Gasteiger partial charge < -0.3 is 14.7 Å². The second kappa shape index (κ2) is 6.66. The predicted molar refractivity (Wildman–Crippen MR) is 90.6 cm³/mol. The van der Waals surface area contributed by atoms with E-state index in [2.05, 4.69) is 15.5 Å². The fourth-order valence-corrected chi connectivity index (χ4v) is 3.13. The van der Waals surface area contributed by atoms with Crippen LogP contribution in [0.1, 0.15) is 61.7 Å². The zero-order valence-corrected chi connectivity index (χ0v) is 14.7. The summed E-state index contributed by atoms with van der Waals surface area (Å²) in [7, 11) is 0. The van der Waals surface area contributed by atoms with Crippen molar-refractivity contribution in [2.45, 2.75) is 45.2 Å². The molecule has 0 radical (unpaired) electrons. The zero-order valence-electron chi connectivity index (χ0n) is 14.7. The molecule has 1 aliphatic heterocycles. The Balaban J connectivity index is 1.82. The van der Waals surface area contributed by atoms with Crippen LogP contribution in [0.15, 0.2) is 34.9 Å². The molecule has 0 bridgehead atoms. The first-order chi connectivity index (χ1) is 11.9. The van der Waals surface area contributed by atoms with Gasteiger partial charge in [0.05, 0.1) is 5.54 Å². The number of nitrogens with zero attached hydrogens (tertiary/aromatic N) is 3. The summed E-state index contributed by atoms with van der Waals surface area (Å²) in [5, 5.41) is 6.81. The van der Waals surface area contributed by atoms with Crippen molar-refractivity contribution >= 4 is 11.8 Å². The van der Waals surface area contributed by atoms with Crippen molar-refractivity contribution in [3.8, 4) is 0 Å². The molecule has 0 unspecified atom stereocenters. The number of carbonyl (C=O) groups is 2. The number of aromatic nitrogens is 2. The summed E-state index contributed by atoms with van der Waals surface area (Å²) < 4.78 is 5.43. The van der Waals surface area contributed by atoms with Gasteiger partial charge in [-0.1, -0.05) is 23.4 Å². The minimum atomic E-state index is -0.736. The van der Waals surface area contributed by atoms with Crippen LogP contribution < -0.4 is 5.32 Å². The largest absolute Gasteiger partial charge is 0.344 e. The molecule has 1 atom stereocenters. The first-order valence-corrected chi connectivity index (χ1v) is 8.37. The molecule has 3 rings (SSSR count). The molecule has 1 aliphatic rings. The number of amides is 2. The Morgan fingerprint density at radius 2 is 2.00 bits per heavy atom. The van der Waals surface area contributed by atoms with E-state index in [1.54, 1.807) is 17.0 Å². The predicted octanol–water partition coefficient (Wildman–Crippen LogP) is 2.42. The number of hydrogen-bond donors (Lipinski definition) is 1. The van der Waals surface area contributed by atoms with Gasteiger partial charge in [-0.25, -0.2) is 0 Å². The molecule has 132 valence electrons. The van der Waals surface area contributed by atoms with Gasteiger partial charge in [0.25, 0.3) is 5.91 Å². The molecular formula is C18H22N4O3. The molecule has 0 spiro atoms. The van der Waals surface area contributed by atoms with Crippen LogP contribution in [-0.2, 0) is 10.3 Å². The molecule has 1 aromatic carbocycles. The molecule has 2 amide bonds. The Labute approximate surface area is 146 Å². The lowest BCUT2D eigenvalue weighted by Crippen LogP contribution is -2.40. The van der Waals surface area contributed by atoms with Gasteiger partial charge in [0, 0.05) is 19.0 Å². The van der Waals surface area contributed by atoms with Crippen molar-refractivity contribution in [1.82, 2.24) is 20.4 Å². The van der Waals surface area contributed by atoms with E-state index in [-0.39, 0.29) is 17.9 Å². The molecule has 1 saturated heterocycles. The van der Waals surface area contributed by atoms with E-state index in [0.29, 0.717) is 23.8 Å². The molecule has 1 N–H and O–H groups in total. The Bertz CT molecular complexity index is 770. The maximum Gasteiger partial charge on any atom is 0.254 e. The molecule has 25 heavy (non-hydrogen) atoms. The number of carbonyl (C=O) groups excluding carboxylic acids is 2. The molecule has 0 saturated carbocycles. The van der Waals surface area contributed by atoms with Gasteiger partial charge in [-0.05, 0) is 38.8 Å². The van der Waals surface area contributed by atoms with E-state index in [1.165, 1.54) is 6.92 Å². The molecule has 7 heteroatoms. The Morgan fingerprint density at radius 1 is 1.28 bits per heavy atom. The van der Waals surface area contributed by atoms with Crippen LogP contribution in [0.4, 0.5) is 0 Å². The third-order valence-corrected chi connectivity index (χ3v) is 4.31. The van der Waals surface area contributed by atoms with Crippen molar-refractivity contribution in [3.05, 3.63) is 47.6 Å². The number of rotatable bonds is 4. The first-order valence-electron chi connectivity index (χ1n) is 8.37. The van der Waals surface area contributed by atoms with Gasteiger partial charge in [-0.2, -0.15) is 4.98 Å².